The first-order valence-electron chi connectivity index (χ1n) is 9.32. The Morgan fingerprint density at radius 2 is 1.86 bits per heavy atom. The summed E-state index contributed by atoms with van der Waals surface area (Å²) < 4.78 is 7.15. The number of hydrogen-bond donors (Lipinski definition) is 1. The zero-order valence-corrected chi connectivity index (χ0v) is 16.8. The summed E-state index contributed by atoms with van der Waals surface area (Å²) in [4.78, 5) is 26.9. The summed E-state index contributed by atoms with van der Waals surface area (Å²) in [7, 11) is 0. The van der Waals surface area contributed by atoms with E-state index >= 15 is 0 Å². The normalized spacial score (nSPS) is 11.5. The van der Waals surface area contributed by atoms with Crippen LogP contribution in [0.5, 0.6) is 0 Å². The van der Waals surface area contributed by atoms with Crippen LogP contribution in [-0.2, 0) is 12.3 Å². The van der Waals surface area contributed by atoms with Crippen LogP contribution in [-0.4, -0.2) is 15.3 Å². The second-order valence-electron chi connectivity index (χ2n) is 7.03. The van der Waals surface area contributed by atoms with Crippen molar-refractivity contribution in [3.8, 4) is 0 Å². The van der Waals surface area contributed by atoms with E-state index in [0.29, 0.717) is 12.1 Å². The van der Waals surface area contributed by atoms with Crippen molar-refractivity contribution in [1.82, 2.24) is 9.55 Å². The van der Waals surface area contributed by atoms with Gasteiger partial charge in [0.2, 0.25) is 0 Å². The van der Waals surface area contributed by atoms with E-state index in [9.17, 15) is 9.59 Å². The van der Waals surface area contributed by atoms with Crippen molar-refractivity contribution in [3.05, 3.63) is 80.1 Å². The summed E-state index contributed by atoms with van der Waals surface area (Å²) in [6, 6.07) is 13.4. The van der Waals surface area contributed by atoms with E-state index in [1.165, 1.54) is 5.56 Å². The first-order chi connectivity index (χ1) is 13.5. The molecule has 4 aromatic rings. The Morgan fingerprint density at radius 1 is 1.07 bits per heavy atom. The maximum Gasteiger partial charge on any atom is 0.336 e. The van der Waals surface area contributed by atoms with Crippen molar-refractivity contribution < 1.29 is 4.42 Å². The quantitative estimate of drug-likeness (QED) is 0.389. The summed E-state index contributed by atoms with van der Waals surface area (Å²) in [5.74, 6) is 1.64. The lowest BCUT2D eigenvalue weighted by Gasteiger charge is -2.08. The van der Waals surface area contributed by atoms with Gasteiger partial charge in [-0.15, -0.1) is 0 Å². The molecular formula is C22H22N2O3S. The lowest BCUT2D eigenvalue weighted by Crippen LogP contribution is -2.17. The predicted octanol–water partition coefficient (Wildman–Crippen LogP) is 4.38. The van der Waals surface area contributed by atoms with Gasteiger partial charge >= 0.3 is 11.3 Å². The third kappa shape index (κ3) is 3.64. The molecule has 1 N–H and O–H groups in total. The molecule has 2 aromatic carbocycles. The van der Waals surface area contributed by atoms with Gasteiger partial charge in [0.15, 0.2) is 0 Å². The lowest BCUT2D eigenvalue weighted by molar-refractivity contribution is 0.559. The van der Waals surface area contributed by atoms with Gasteiger partial charge in [-0.3, -0.25) is 4.57 Å². The number of hydrogen-bond acceptors (Lipinski definition) is 4. The Hall–Kier alpha value is -2.73. The molecule has 0 bridgehead atoms. The predicted molar refractivity (Wildman–Crippen MR) is 115 cm³/mol. The first-order valence-corrected chi connectivity index (χ1v) is 10.5. The fourth-order valence-electron chi connectivity index (χ4n) is 3.44. The van der Waals surface area contributed by atoms with Crippen molar-refractivity contribution in [3.63, 3.8) is 0 Å². The van der Waals surface area contributed by atoms with Gasteiger partial charge in [0.25, 0.3) is 0 Å². The number of para-hydroxylation sites is 2. The average molecular weight is 394 g/mol. The minimum Gasteiger partial charge on any atom is -0.423 e. The highest BCUT2D eigenvalue weighted by Gasteiger charge is 2.09. The van der Waals surface area contributed by atoms with E-state index in [4.69, 9.17) is 4.42 Å². The van der Waals surface area contributed by atoms with Gasteiger partial charge in [0, 0.05) is 23.8 Å². The number of benzene rings is 2. The van der Waals surface area contributed by atoms with Crippen molar-refractivity contribution in [2.45, 2.75) is 32.6 Å². The van der Waals surface area contributed by atoms with E-state index in [2.05, 4.69) is 18.0 Å². The Balaban J connectivity index is 1.43. The minimum atomic E-state index is -0.309. The zero-order valence-electron chi connectivity index (χ0n) is 16.0. The van der Waals surface area contributed by atoms with Crippen molar-refractivity contribution >= 4 is 33.8 Å². The summed E-state index contributed by atoms with van der Waals surface area (Å²) in [6.07, 6.45) is 0.879. The molecule has 0 aliphatic carbocycles. The molecule has 0 aliphatic heterocycles. The molecule has 4 rings (SSSR count). The minimum absolute atomic E-state index is 0.0660. The van der Waals surface area contributed by atoms with E-state index in [-0.39, 0.29) is 11.3 Å². The maximum atomic E-state index is 12.1. The molecule has 0 amide bonds. The number of aromatic amines is 1. The summed E-state index contributed by atoms with van der Waals surface area (Å²) in [6.45, 7) is 4.75. The third-order valence-electron chi connectivity index (χ3n) is 5.05. The van der Waals surface area contributed by atoms with Gasteiger partial charge in [0.05, 0.1) is 11.0 Å². The molecule has 0 fully saturated rings. The third-order valence-corrected chi connectivity index (χ3v) is 6.15. The summed E-state index contributed by atoms with van der Waals surface area (Å²) in [5, 5.41) is 1.00. The summed E-state index contributed by atoms with van der Waals surface area (Å²) in [5.41, 5.74) is 5.39. The van der Waals surface area contributed by atoms with E-state index < -0.39 is 0 Å². The second kappa shape index (κ2) is 7.72. The molecule has 2 heterocycles. The van der Waals surface area contributed by atoms with Crippen LogP contribution in [0, 0.1) is 13.8 Å². The standard InChI is InChI=1S/C22H22N2O3S/c1-14-10-17-16(12-21(25)27-20(17)11-15(14)2)13-28-9-5-8-24-19-7-4-3-6-18(19)23-22(24)26/h3-4,6-7,10-12H,5,8-9,13H2,1-2H3,(H,23,26). The van der Waals surface area contributed by atoms with Gasteiger partial charge < -0.3 is 9.40 Å². The molecule has 2 aromatic heterocycles. The Morgan fingerprint density at radius 3 is 2.71 bits per heavy atom. The number of thioether (sulfide) groups is 1. The highest BCUT2D eigenvalue weighted by atomic mass is 32.2. The number of H-pyrrole nitrogens is 1. The van der Waals surface area contributed by atoms with Crippen molar-refractivity contribution in [1.29, 1.82) is 0 Å². The smallest absolute Gasteiger partial charge is 0.336 e. The Labute approximate surface area is 166 Å². The Kier molecular flexibility index (Phi) is 5.13. The SMILES string of the molecule is Cc1cc2oc(=O)cc(CSCCCn3c(=O)[nH]c4ccccc43)c2cc1C. The van der Waals surface area contributed by atoms with Crippen LogP contribution in [0.1, 0.15) is 23.1 Å². The lowest BCUT2D eigenvalue weighted by atomic mass is 10.0. The highest BCUT2D eigenvalue weighted by Crippen LogP contribution is 2.25. The van der Waals surface area contributed by atoms with E-state index in [0.717, 1.165) is 45.5 Å². The molecule has 0 saturated heterocycles. The number of nitrogens with one attached hydrogen (secondary N) is 1. The molecule has 0 radical (unpaired) electrons. The molecule has 28 heavy (non-hydrogen) atoms. The molecule has 0 aliphatic rings. The van der Waals surface area contributed by atoms with Crippen molar-refractivity contribution in [2.24, 2.45) is 0 Å². The van der Waals surface area contributed by atoms with Crippen molar-refractivity contribution in [2.75, 3.05) is 5.75 Å². The van der Waals surface area contributed by atoms with Crippen LogP contribution in [0.25, 0.3) is 22.0 Å². The molecule has 0 spiro atoms. The van der Waals surface area contributed by atoms with Crippen LogP contribution >= 0.6 is 11.8 Å². The number of imidazole rings is 1. The van der Waals surface area contributed by atoms with Gasteiger partial charge in [-0.25, -0.2) is 9.59 Å². The second-order valence-corrected chi connectivity index (χ2v) is 8.13. The average Bonchev–Trinajstić information content (AvgIpc) is 2.98. The van der Waals surface area contributed by atoms with Crippen LogP contribution < -0.4 is 11.3 Å². The largest absolute Gasteiger partial charge is 0.423 e. The van der Waals surface area contributed by atoms with Crippen LogP contribution in [0.4, 0.5) is 0 Å². The van der Waals surface area contributed by atoms with Gasteiger partial charge in [-0.05, 0) is 67.0 Å². The molecule has 5 nitrogen and oxygen atoms in total. The van der Waals surface area contributed by atoms with Crippen LogP contribution in [0.15, 0.2) is 56.5 Å². The van der Waals surface area contributed by atoms with Crippen LogP contribution in [0.2, 0.25) is 0 Å². The molecule has 0 saturated carbocycles. The highest BCUT2D eigenvalue weighted by molar-refractivity contribution is 7.98. The number of aromatic nitrogens is 2. The molecular weight excluding hydrogens is 372 g/mol. The number of rotatable bonds is 6. The maximum absolute atomic E-state index is 12.1. The van der Waals surface area contributed by atoms with Gasteiger partial charge in [-0.2, -0.15) is 11.8 Å². The molecule has 144 valence electrons. The van der Waals surface area contributed by atoms with Crippen LogP contribution in [0.3, 0.4) is 0 Å². The number of fused-ring (bicyclic) bond motifs is 2. The number of aryl methyl sites for hydroxylation is 3. The molecule has 6 heteroatoms. The Bertz CT molecular complexity index is 1270. The fourth-order valence-corrected chi connectivity index (χ4v) is 4.37. The topological polar surface area (TPSA) is 68.0 Å². The first kappa shape index (κ1) is 18.6. The number of nitrogens with zero attached hydrogens (tertiary/aromatic N) is 1. The summed E-state index contributed by atoms with van der Waals surface area (Å²) >= 11 is 1.77. The molecule has 0 atom stereocenters. The monoisotopic (exact) mass is 394 g/mol. The van der Waals surface area contributed by atoms with E-state index in [1.807, 2.05) is 37.3 Å². The zero-order chi connectivity index (χ0) is 19.7. The molecule has 0 unspecified atom stereocenters. The van der Waals surface area contributed by atoms with Gasteiger partial charge in [-0.1, -0.05) is 12.1 Å². The van der Waals surface area contributed by atoms with E-state index in [1.54, 1.807) is 22.4 Å². The fraction of sp³-hybridized carbons (Fsp3) is 0.273. The van der Waals surface area contributed by atoms with Gasteiger partial charge in [0.1, 0.15) is 5.58 Å².